The van der Waals surface area contributed by atoms with Gasteiger partial charge in [0.05, 0.1) is 24.2 Å². The van der Waals surface area contributed by atoms with Crippen LogP contribution < -0.4 is 4.90 Å². The van der Waals surface area contributed by atoms with Gasteiger partial charge in [-0.3, -0.25) is 0 Å². The Morgan fingerprint density at radius 3 is 2.75 bits per heavy atom. The predicted molar refractivity (Wildman–Crippen MR) is 65.5 cm³/mol. The highest BCUT2D eigenvalue weighted by atomic mass is 16.3. The Balaban J connectivity index is 3.06. The first-order valence-corrected chi connectivity index (χ1v) is 5.38. The second-order valence-electron chi connectivity index (χ2n) is 4.04. The number of nitrogens with zero attached hydrogens (tertiary/aromatic N) is 3. The number of hydrogen-bond donors (Lipinski definition) is 1. The fourth-order valence-electron chi connectivity index (χ4n) is 1.43. The van der Waals surface area contributed by atoms with Gasteiger partial charge in [0, 0.05) is 19.5 Å². The average Bonchev–Trinajstić information content (AvgIpc) is 2.28. The van der Waals surface area contributed by atoms with Gasteiger partial charge < -0.3 is 10.0 Å². The highest BCUT2D eigenvalue weighted by Crippen LogP contribution is 2.19. The maximum atomic E-state index is 9.30. The molecule has 0 atom stereocenters. The summed E-state index contributed by atoms with van der Waals surface area (Å²) in [6.45, 7) is 8.38. The van der Waals surface area contributed by atoms with Crippen molar-refractivity contribution in [1.82, 2.24) is 9.97 Å². The summed E-state index contributed by atoms with van der Waals surface area (Å²) in [4.78, 5) is 10.6. The Morgan fingerprint density at radius 1 is 1.56 bits per heavy atom. The van der Waals surface area contributed by atoms with Gasteiger partial charge >= 0.3 is 0 Å². The molecule has 0 fully saturated rings. The molecule has 0 aliphatic heterocycles. The molecular weight excluding hydrogens is 202 g/mol. The number of aliphatic hydroxyl groups excluding tert-OH is 1. The lowest BCUT2D eigenvalue weighted by atomic mass is 10.2. The molecule has 4 heteroatoms. The van der Waals surface area contributed by atoms with Gasteiger partial charge in [-0.25, -0.2) is 9.97 Å². The molecule has 1 N–H and O–H groups in total. The van der Waals surface area contributed by atoms with Crippen LogP contribution in [-0.2, 0) is 6.61 Å². The Bertz CT molecular complexity index is 363. The van der Waals surface area contributed by atoms with Crippen LogP contribution in [0.25, 0.3) is 0 Å². The summed E-state index contributed by atoms with van der Waals surface area (Å²) in [7, 11) is 1.93. The van der Waals surface area contributed by atoms with Gasteiger partial charge in [0.15, 0.2) is 0 Å². The quantitative estimate of drug-likeness (QED) is 0.769. The van der Waals surface area contributed by atoms with Crippen molar-refractivity contribution in [3.63, 3.8) is 0 Å². The molecule has 0 aliphatic carbocycles. The van der Waals surface area contributed by atoms with Gasteiger partial charge in [-0.2, -0.15) is 0 Å². The van der Waals surface area contributed by atoms with Crippen molar-refractivity contribution >= 4 is 5.69 Å². The summed E-state index contributed by atoms with van der Waals surface area (Å²) < 4.78 is 0. The fraction of sp³-hybridized carbons (Fsp3) is 0.500. The van der Waals surface area contributed by atoms with E-state index in [1.54, 1.807) is 12.3 Å². The minimum atomic E-state index is -0.0704. The molecule has 1 heterocycles. The first kappa shape index (κ1) is 12.6. The summed E-state index contributed by atoms with van der Waals surface area (Å²) in [5.41, 5.74) is 1.52. The first-order valence-electron chi connectivity index (χ1n) is 5.38. The van der Waals surface area contributed by atoms with E-state index in [2.05, 4.69) is 16.5 Å². The summed E-state index contributed by atoms with van der Waals surface area (Å²) in [5, 5.41) is 9.30. The van der Waals surface area contributed by atoms with Crippen LogP contribution in [0.5, 0.6) is 0 Å². The Morgan fingerprint density at radius 2 is 2.25 bits per heavy atom. The molecule has 16 heavy (non-hydrogen) atoms. The second kappa shape index (κ2) is 5.61. The third kappa shape index (κ3) is 2.79. The topological polar surface area (TPSA) is 49.2 Å². The van der Waals surface area contributed by atoms with E-state index in [4.69, 9.17) is 0 Å². The molecule has 0 aromatic carbocycles. The Kier molecular flexibility index (Phi) is 4.43. The van der Waals surface area contributed by atoms with Gasteiger partial charge in [-0.05, 0) is 0 Å². The van der Waals surface area contributed by atoms with Gasteiger partial charge in [0.25, 0.3) is 0 Å². The minimum absolute atomic E-state index is 0.0704. The largest absolute Gasteiger partial charge is 0.390 e. The van der Waals surface area contributed by atoms with Crippen molar-refractivity contribution in [2.75, 3.05) is 18.5 Å². The third-order valence-electron chi connectivity index (χ3n) is 2.34. The smallest absolute Gasteiger partial charge is 0.131 e. The maximum Gasteiger partial charge on any atom is 0.131 e. The Labute approximate surface area is 96.7 Å². The van der Waals surface area contributed by atoms with Gasteiger partial charge in [0.2, 0.25) is 0 Å². The van der Waals surface area contributed by atoms with Crippen LogP contribution in [0.2, 0.25) is 0 Å². The van der Waals surface area contributed by atoms with Crippen molar-refractivity contribution in [1.29, 1.82) is 0 Å². The molecule has 88 valence electrons. The fourth-order valence-corrected chi connectivity index (χ4v) is 1.43. The number of hydrogen-bond acceptors (Lipinski definition) is 4. The highest BCUT2D eigenvalue weighted by molar-refractivity contribution is 5.48. The van der Waals surface area contributed by atoms with Crippen LogP contribution in [0.4, 0.5) is 5.69 Å². The first-order chi connectivity index (χ1) is 7.60. The summed E-state index contributed by atoms with van der Waals surface area (Å²) >= 11 is 0. The van der Waals surface area contributed by atoms with Crippen LogP contribution in [0.3, 0.4) is 0 Å². The third-order valence-corrected chi connectivity index (χ3v) is 2.34. The van der Waals surface area contributed by atoms with E-state index in [1.807, 2.05) is 25.8 Å². The van der Waals surface area contributed by atoms with E-state index in [9.17, 15) is 5.11 Å². The van der Waals surface area contributed by atoms with E-state index in [-0.39, 0.29) is 12.5 Å². The van der Waals surface area contributed by atoms with E-state index in [1.165, 1.54) is 0 Å². The maximum absolute atomic E-state index is 9.30. The molecule has 0 saturated heterocycles. The molecular formula is C12H19N3O. The average molecular weight is 221 g/mol. The molecule has 0 saturated carbocycles. The van der Waals surface area contributed by atoms with Gasteiger partial charge in [0.1, 0.15) is 5.82 Å². The summed E-state index contributed by atoms with van der Waals surface area (Å²) in [6, 6.07) is 0. The lowest BCUT2D eigenvalue weighted by Crippen LogP contribution is -2.20. The normalized spacial score (nSPS) is 10.6. The van der Waals surface area contributed by atoms with E-state index in [0.29, 0.717) is 12.2 Å². The number of rotatable bonds is 5. The van der Waals surface area contributed by atoms with Crippen LogP contribution in [-0.4, -0.2) is 28.7 Å². The van der Waals surface area contributed by atoms with E-state index >= 15 is 0 Å². The zero-order chi connectivity index (χ0) is 12.1. The molecule has 1 rings (SSSR count). The molecule has 0 spiro atoms. The van der Waals surface area contributed by atoms with Crippen LogP contribution in [0.15, 0.2) is 18.9 Å². The van der Waals surface area contributed by atoms with Crippen LogP contribution in [0.1, 0.15) is 31.3 Å². The molecule has 0 bridgehead atoms. The number of likely N-dealkylation sites (N-methyl/N-ethyl adjacent to an activating group) is 1. The molecule has 0 unspecified atom stereocenters. The van der Waals surface area contributed by atoms with Crippen molar-refractivity contribution in [3.8, 4) is 0 Å². The number of aliphatic hydroxyl groups is 1. The molecule has 0 amide bonds. The molecule has 0 aliphatic rings. The standard InChI is InChI=1S/C12H19N3O/c1-5-6-15(4)11-7-13-12(9(2)3)14-10(11)8-16/h5,7,9,16H,1,6,8H2,2-4H3. The van der Waals surface area contributed by atoms with Crippen molar-refractivity contribution in [3.05, 3.63) is 30.4 Å². The van der Waals surface area contributed by atoms with Crippen molar-refractivity contribution in [2.45, 2.75) is 26.4 Å². The van der Waals surface area contributed by atoms with Gasteiger partial charge in [-0.1, -0.05) is 19.9 Å². The predicted octanol–water partition coefficient (Wildman–Crippen LogP) is 1.71. The summed E-state index contributed by atoms with van der Waals surface area (Å²) in [5.74, 6) is 1.03. The van der Waals surface area contributed by atoms with Crippen LogP contribution in [0, 0.1) is 0 Å². The SMILES string of the molecule is C=CCN(C)c1cnc(C(C)C)nc1CO. The zero-order valence-electron chi connectivity index (χ0n) is 10.1. The van der Waals surface area contributed by atoms with Crippen molar-refractivity contribution in [2.24, 2.45) is 0 Å². The monoisotopic (exact) mass is 221 g/mol. The van der Waals surface area contributed by atoms with E-state index in [0.717, 1.165) is 11.5 Å². The molecule has 1 aromatic heterocycles. The van der Waals surface area contributed by atoms with Gasteiger partial charge in [-0.15, -0.1) is 6.58 Å². The second-order valence-corrected chi connectivity index (χ2v) is 4.04. The highest BCUT2D eigenvalue weighted by Gasteiger charge is 2.11. The molecule has 4 nitrogen and oxygen atoms in total. The van der Waals surface area contributed by atoms with E-state index < -0.39 is 0 Å². The van der Waals surface area contributed by atoms with Crippen molar-refractivity contribution < 1.29 is 5.11 Å². The Hall–Kier alpha value is -1.42. The van der Waals surface area contributed by atoms with Crippen LogP contribution >= 0.6 is 0 Å². The minimum Gasteiger partial charge on any atom is -0.390 e. The zero-order valence-corrected chi connectivity index (χ0v) is 10.1. The molecule has 1 aromatic rings. The lowest BCUT2D eigenvalue weighted by Gasteiger charge is -2.19. The number of anilines is 1. The summed E-state index contributed by atoms with van der Waals surface area (Å²) in [6.07, 6.45) is 3.56. The lowest BCUT2D eigenvalue weighted by molar-refractivity contribution is 0.276. The molecule has 0 radical (unpaired) electrons. The number of aromatic nitrogens is 2.